The largest absolute Gasteiger partial charge is 0.455 e. The summed E-state index contributed by atoms with van der Waals surface area (Å²) in [6.07, 6.45) is 0. The molecule has 158 valence electrons. The summed E-state index contributed by atoms with van der Waals surface area (Å²) in [4.78, 5) is 12.8. The molecule has 6 aromatic rings. The van der Waals surface area contributed by atoms with E-state index in [0.717, 1.165) is 37.7 Å². The summed E-state index contributed by atoms with van der Waals surface area (Å²) in [5.41, 5.74) is 3.40. The van der Waals surface area contributed by atoms with Crippen LogP contribution in [0.5, 0.6) is 0 Å². The van der Waals surface area contributed by atoms with Crippen molar-refractivity contribution in [2.24, 2.45) is 0 Å². The molecule has 0 atom stereocenters. The Kier molecular flexibility index (Phi) is 4.74. The average molecular weight is 493 g/mol. The van der Waals surface area contributed by atoms with Crippen molar-refractivity contribution in [1.29, 1.82) is 0 Å². The number of furan rings is 1. The van der Waals surface area contributed by atoms with Gasteiger partial charge in [-0.15, -0.1) is 0 Å². The van der Waals surface area contributed by atoms with Crippen molar-refractivity contribution >= 4 is 37.7 Å². The van der Waals surface area contributed by atoms with Gasteiger partial charge in [-0.3, -0.25) is 0 Å². The zero-order valence-electron chi connectivity index (χ0n) is 17.4. The van der Waals surface area contributed by atoms with Crippen LogP contribution in [0.4, 0.5) is 0 Å². The van der Waals surface area contributed by atoms with E-state index in [0.29, 0.717) is 16.9 Å². The first-order chi connectivity index (χ1) is 16.2. The minimum Gasteiger partial charge on any atom is -0.455 e. The number of hydrogen-bond donors (Lipinski definition) is 0. The predicted molar refractivity (Wildman–Crippen MR) is 136 cm³/mol. The molecule has 0 bridgehead atoms. The number of halogens is 1. The first kappa shape index (κ1) is 19.8. The Morgan fingerprint density at radius 1 is 0.576 bits per heavy atom. The number of benzene rings is 4. The molecule has 0 aliphatic carbocycles. The van der Waals surface area contributed by atoms with E-state index in [1.54, 1.807) is 6.07 Å². The highest BCUT2D eigenvalue weighted by atomic mass is 79.9. The van der Waals surface area contributed by atoms with Gasteiger partial charge in [0, 0.05) is 21.0 Å². The fourth-order valence-electron chi connectivity index (χ4n) is 4.17. The Hall–Kier alpha value is -3.89. The van der Waals surface area contributed by atoms with Crippen molar-refractivity contribution < 1.29 is 8.83 Å². The van der Waals surface area contributed by atoms with Crippen LogP contribution in [0.25, 0.3) is 55.5 Å². The van der Waals surface area contributed by atoms with Crippen molar-refractivity contribution in [3.63, 3.8) is 0 Å². The van der Waals surface area contributed by atoms with Crippen LogP contribution in [-0.2, 0) is 0 Å². The molecular formula is C29H17BrO3. The van der Waals surface area contributed by atoms with E-state index in [1.165, 1.54) is 5.39 Å². The van der Waals surface area contributed by atoms with Gasteiger partial charge in [-0.2, -0.15) is 0 Å². The van der Waals surface area contributed by atoms with Crippen LogP contribution in [-0.4, -0.2) is 0 Å². The lowest BCUT2D eigenvalue weighted by atomic mass is 9.98. The third-order valence-electron chi connectivity index (χ3n) is 5.79. The fourth-order valence-corrected chi connectivity index (χ4v) is 4.54. The second-order valence-electron chi connectivity index (χ2n) is 7.91. The maximum Gasteiger partial charge on any atom is 0.347 e. The zero-order chi connectivity index (χ0) is 22.4. The molecule has 0 saturated heterocycles. The third-order valence-corrected chi connectivity index (χ3v) is 6.28. The molecule has 4 aromatic carbocycles. The quantitative estimate of drug-likeness (QED) is 0.233. The molecule has 2 aromatic heterocycles. The second-order valence-corrected chi connectivity index (χ2v) is 8.83. The first-order valence-electron chi connectivity index (χ1n) is 10.6. The smallest absolute Gasteiger partial charge is 0.347 e. The second kappa shape index (κ2) is 7.91. The molecule has 3 nitrogen and oxygen atoms in total. The van der Waals surface area contributed by atoms with Gasteiger partial charge in [0.05, 0.1) is 0 Å². The Bertz CT molecular complexity index is 1690. The van der Waals surface area contributed by atoms with Gasteiger partial charge < -0.3 is 8.83 Å². The van der Waals surface area contributed by atoms with Gasteiger partial charge in [-0.25, -0.2) is 4.79 Å². The highest BCUT2D eigenvalue weighted by Gasteiger charge is 2.19. The summed E-state index contributed by atoms with van der Waals surface area (Å²) >= 11 is 3.49. The van der Waals surface area contributed by atoms with Gasteiger partial charge in [0.15, 0.2) is 0 Å². The van der Waals surface area contributed by atoms with Crippen LogP contribution in [0.15, 0.2) is 121 Å². The molecule has 0 spiro atoms. The van der Waals surface area contributed by atoms with Crippen molar-refractivity contribution in [1.82, 2.24) is 0 Å². The lowest BCUT2D eigenvalue weighted by molar-refractivity contribution is 0.551. The van der Waals surface area contributed by atoms with Crippen molar-refractivity contribution in [3.05, 3.63) is 118 Å². The minimum atomic E-state index is -0.428. The normalized spacial score (nSPS) is 11.3. The molecule has 2 heterocycles. The average Bonchev–Trinajstić information content (AvgIpc) is 3.29. The van der Waals surface area contributed by atoms with Crippen LogP contribution in [0.2, 0.25) is 0 Å². The van der Waals surface area contributed by atoms with Crippen molar-refractivity contribution in [2.45, 2.75) is 0 Å². The van der Waals surface area contributed by atoms with E-state index >= 15 is 0 Å². The Morgan fingerprint density at radius 2 is 1.36 bits per heavy atom. The van der Waals surface area contributed by atoms with Crippen LogP contribution in [0.1, 0.15) is 0 Å². The van der Waals surface area contributed by atoms with E-state index in [-0.39, 0.29) is 0 Å². The third kappa shape index (κ3) is 3.59. The highest BCUT2D eigenvalue weighted by molar-refractivity contribution is 9.10. The maximum absolute atomic E-state index is 12.8. The van der Waals surface area contributed by atoms with Crippen LogP contribution in [0.3, 0.4) is 0 Å². The van der Waals surface area contributed by atoms with Gasteiger partial charge in [0.1, 0.15) is 22.7 Å². The van der Waals surface area contributed by atoms with Crippen LogP contribution < -0.4 is 5.63 Å². The van der Waals surface area contributed by atoms with Crippen LogP contribution in [0, 0.1) is 0 Å². The Labute approximate surface area is 198 Å². The lowest BCUT2D eigenvalue weighted by Crippen LogP contribution is -2.01. The lowest BCUT2D eigenvalue weighted by Gasteiger charge is -2.05. The molecule has 0 aliphatic rings. The van der Waals surface area contributed by atoms with Gasteiger partial charge >= 0.3 is 5.63 Å². The molecule has 0 aliphatic heterocycles. The van der Waals surface area contributed by atoms with E-state index in [1.807, 2.05) is 66.7 Å². The minimum absolute atomic E-state index is 0.393. The summed E-state index contributed by atoms with van der Waals surface area (Å²) in [5, 5.41) is 3.14. The van der Waals surface area contributed by atoms with Gasteiger partial charge in [-0.1, -0.05) is 82.7 Å². The summed E-state index contributed by atoms with van der Waals surface area (Å²) < 4.78 is 12.8. The Balaban J connectivity index is 1.59. The standard InChI is InChI=1S/C29H17BrO3/c30-23-12-13-26-22(15-23)16-25(29(31)33-26)27-17-24(28(32-27)19-7-2-1-3-8-19)21-11-10-18-6-4-5-9-20(18)14-21/h1-17H. The maximum atomic E-state index is 12.8. The molecule has 0 unspecified atom stereocenters. The van der Waals surface area contributed by atoms with E-state index < -0.39 is 5.63 Å². The van der Waals surface area contributed by atoms with E-state index in [9.17, 15) is 4.79 Å². The highest BCUT2D eigenvalue weighted by Crippen LogP contribution is 2.39. The van der Waals surface area contributed by atoms with Gasteiger partial charge in [-0.05, 0) is 52.7 Å². The van der Waals surface area contributed by atoms with Gasteiger partial charge in [0.25, 0.3) is 0 Å². The molecular weight excluding hydrogens is 476 g/mol. The monoisotopic (exact) mass is 492 g/mol. The number of rotatable bonds is 3. The summed E-state index contributed by atoms with van der Waals surface area (Å²) in [5.74, 6) is 1.20. The molecule has 0 saturated carbocycles. The fraction of sp³-hybridized carbons (Fsp3) is 0. The SMILES string of the molecule is O=c1oc2ccc(Br)cc2cc1-c1cc(-c2ccc3ccccc3c2)c(-c2ccccc2)o1. The van der Waals surface area contributed by atoms with E-state index in [4.69, 9.17) is 8.83 Å². The summed E-state index contributed by atoms with van der Waals surface area (Å²) in [7, 11) is 0. The van der Waals surface area contributed by atoms with E-state index in [2.05, 4.69) is 46.3 Å². The number of fused-ring (bicyclic) bond motifs is 2. The number of hydrogen-bond acceptors (Lipinski definition) is 3. The summed E-state index contributed by atoms with van der Waals surface area (Å²) in [6.45, 7) is 0. The summed E-state index contributed by atoms with van der Waals surface area (Å²) in [6, 6.07) is 33.8. The molecule has 4 heteroatoms. The topological polar surface area (TPSA) is 43.4 Å². The molecule has 0 amide bonds. The van der Waals surface area contributed by atoms with Crippen LogP contribution >= 0.6 is 15.9 Å². The predicted octanol–water partition coefficient (Wildman–Crippen LogP) is 8.30. The molecule has 0 radical (unpaired) electrons. The van der Waals surface area contributed by atoms with Gasteiger partial charge in [0.2, 0.25) is 0 Å². The van der Waals surface area contributed by atoms with Crippen molar-refractivity contribution in [3.8, 4) is 33.8 Å². The zero-order valence-corrected chi connectivity index (χ0v) is 19.0. The molecule has 33 heavy (non-hydrogen) atoms. The molecule has 6 rings (SSSR count). The first-order valence-corrected chi connectivity index (χ1v) is 11.4. The molecule has 0 fully saturated rings. The molecule has 0 N–H and O–H groups in total. The van der Waals surface area contributed by atoms with Crippen molar-refractivity contribution in [2.75, 3.05) is 0 Å². The Morgan fingerprint density at radius 3 is 2.21 bits per heavy atom.